The SMILES string of the molecule is [2H]c1c(C)nnc(Cl)c1[2H]. The molecule has 0 aliphatic rings. The highest BCUT2D eigenvalue weighted by molar-refractivity contribution is 6.29. The number of halogens is 1. The molecule has 3 heteroatoms. The minimum atomic E-state index is -0.0610. The van der Waals surface area contributed by atoms with Gasteiger partial charge in [-0.25, -0.2) is 0 Å². The lowest BCUT2D eigenvalue weighted by atomic mass is 10.4. The van der Waals surface area contributed by atoms with Crippen LogP contribution < -0.4 is 0 Å². The fraction of sp³-hybridized carbons (Fsp3) is 0.200. The first-order chi connectivity index (χ1) is 4.63. The molecule has 0 saturated heterocycles. The Labute approximate surface area is 55.3 Å². The number of hydrogen-bond donors (Lipinski definition) is 0. The van der Waals surface area contributed by atoms with E-state index in [2.05, 4.69) is 10.2 Å². The van der Waals surface area contributed by atoms with Crippen molar-refractivity contribution >= 4 is 11.6 Å². The van der Waals surface area contributed by atoms with Crippen molar-refractivity contribution in [1.82, 2.24) is 10.2 Å². The topological polar surface area (TPSA) is 25.8 Å². The van der Waals surface area contributed by atoms with Crippen LogP contribution in [0.5, 0.6) is 0 Å². The second-order valence-electron chi connectivity index (χ2n) is 1.33. The summed E-state index contributed by atoms with van der Waals surface area (Å²) in [5.74, 6) is 0. The second kappa shape index (κ2) is 2.09. The number of aromatic nitrogens is 2. The lowest BCUT2D eigenvalue weighted by molar-refractivity contribution is 0.981. The van der Waals surface area contributed by atoms with Crippen LogP contribution in [0.25, 0.3) is 0 Å². The van der Waals surface area contributed by atoms with Crippen molar-refractivity contribution in [2.75, 3.05) is 0 Å². The van der Waals surface area contributed by atoms with Gasteiger partial charge in [-0.2, -0.15) is 5.10 Å². The summed E-state index contributed by atoms with van der Waals surface area (Å²) in [7, 11) is 0. The van der Waals surface area contributed by atoms with Crippen LogP contribution in [0.4, 0.5) is 0 Å². The zero-order valence-electron chi connectivity index (χ0n) is 6.27. The van der Waals surface area contributed by atoms with Crippen LogP contribution in [0.15, 0.2) is 12.1 Å². The first-order valence-corrected chi connectivity index (χ1v) is 2.46. The summed E-state index contributed by atoms with van der Waals surface area (Å²) >= 11 is 5.40. The van der Waals surface area contributed by atoms with E-state index in [0.29, 0.717) is 5.69 Å². The van der Waals surface area contributed by atoms with E-state index in [1.807, 2.05) is 0 Å². The van der Waals surface area contributed by atoms with Crippen LogP contribution in [-0.2, 0) is 0 Å². The first kappa shape index (κ1) is 3.41. The van der Waals surface area contributed by atoms with Crippen molar-refractivity contribution in [2.45, 2.75) is 6.92 Å². The summed E-state index contributed by atoms with van der Waals surface area (Å²) < 4.78 is 14.4. The van der Waals surface area contributed by atoms with Gasteiger partial charge in [-0.15, -0.1) is 5.10 Å². The van der Waals surface area contributed by atoms with Crippen molar-refractivity contribution in [3.8, 4) is 0 Å². The molecule has 0 atom stereocenters. The van der Waals surface area contributed by atoms with Crippen LogP contribution >= 0.6 is 11.6 Å². The van der Waals surface area contributed by atoms with E-state index < -0.39 is 0 Å². The molecule has 0 spiro atoms. The van der Waals surface area contributed by atoms with Gasteiger partial charge in [0.25, 0.3) is 0 Å². The minimum Gasteiger partial charge on any atom is -0.154 e. The third kappa shape index (κ3) is 1.17. The van der Waals surface area contributed by atoms with E-state index in [1.165, 1.54) is 0 Å². The molecule has 0 bridgehead atoms. The van der Waals surface area contributed by atoms with Crippen molar-refractivity contribution < 1.29 is 2.74 Å². The molecular formula is C5H5ClN2. The van der Waals surface area contributed by atoms with E-state index in [-0.39, 0.29) is 17.2 Å². The van der Waals surface area contributed by atoms with Gasteiger partial charge in [0.05, 0.1) is 8.44 Å². The summed E-state index contributed by atoms with van der Waals surface area (Å²) in [6.45, 7) is 1.61. The smallest absolute Gasteiger partial charge is 0.151 e. The summed E-state index contributed by atoms with van der Waals surface area (Å²) in [4.78, 5) is 0. The Hall–Kier alpha value is -0.630. The van der Waals surface area contributed by atoms with Crippen LogP contribution in [0.3, 0.4) is 0 Å². The number of nitrogens with zero attached hydrogens (tertiary/aromatic N) is 2. The van der Waals surface area contributed by atoms with Crippen LogP contribution in [0, 0.1) is 6.92 Å². The molecule has 0 fully saturated rings. The third-order valence-corrected chi connectivity index (χ3v) is 0.804. The molecule has 0 amide bonds. The fourth-order valence-electron chi connectivity index (χ4n) is 0.311. The number of hydrogen-bond acceptors (Lipinski definition) is 2. The highest BCUT2D eigenvalue weighted by atomic mass is 35.5. The van der Waals surface area contributed by atoms with Gasteiger partial charge in [0.1, 0.15) is 0 Å². The Kier molecular flexibility index (Phi) is 0.891. The van der Waals surface area contributed by atoms with Crippen molar-refractivity contribution in [3.05, 3.63) is 22.9 Å². The van der Waals surface area contributed by atoms with Crippen molar-refractivity contribution in [2.24, 2.45) is 0 Å². The Balaban J connectivity index is 3.34. The monoisotopic (exact) mass is 130 g/mol. The molecule has 0 radical (unpaired) electrons. The molecule has 0 unspecified atom stereocenters. The number of aryl methyl sites for hydroxylation is 1. The van der Waals surface area contributed by atoms with Gasteiger partial charge < -0.3 is 0 Å². The first-order valence-electron chi connectivity index (χ1n) is 3.09. The molecule has 0 N–H and O–H groups in total. The lowest BCUT2D eigenvalue weighted by Gasteiger charge is -1.85. The highest BCUT2D eigenvalue weighted by Gasteiger charge is 1.85. The van der Waals surface area contributed by atoms with Crippen molar-refractivity contribution in [3.63, 3.8) is 0 Å². The summed E-state index contributed by atoms with van der Waals surface area (Å²) in [6.07, 6.45) is 0. The van der Waals surface area contributed by atoms with E-state index in [0.717, 1.165) is 0 Å². The predicted octanol–water partition coefficient (Wildman–Crippen LogP) is 1.44. The molecule has 0 aromatic carbocycles. The van der Waals surface area contributed by atoms with Gasteiger partial charge in [0, 0.05) is 0 Å². The van der Waals surface area contributed by atoms with Gasteiger partial charge in [-0.3, -0.25) is 0 Å². The summed E-state index contributed by atoms with van der Waals surface area (Å²) in [5, 5.41) is 6.98. The van der Waals surface area contributed by atoms with Crippen LogP contribution in [0.2, 0.25) is 5.15 Å². The molecule has 0 aliphatic carbocycles. The molecule has 1 aromatic heterocycles. The predicted molar refractivity (Wildman–Crippen MR) is 31.8 cm³/mol. The zero-order chi connectivity index (χ0) is 7.72. The molecular weight excluding hydrogens is 124 g/mol. The van der Waals surface area contributed by atoms with Gasteiger partial charge in [0.15, 0.2) is 5.15 Å². The van der Waals surface area contributed by atoms with E-state index in [9.17, 15) is 0 Å². The molecule has 1 heterocycles. The molecule has 8 heavy (non-hydrogen) atoms. The van der Waals surface area contributed by atoms with E-state index in [4.69, 9.17) is 14.3 Å². The minimum absolute atomic E-state index is 0.0180. The average molecular weight is 131 g/mol. The molecule has 42 valence electrons. The summed E-state index contributed by atoms with van der Waals surface area (Å²) in [5.41, 5.74) is 0.425. The molecule has 0 aliphatic heterocycles. The highest BCUT2D eigenvalue weighted by Crippen LogP contribution is 1.99. The molecule has 2 nitrogen and oxygen atoms in total. The largest absolute Gasteiger partial charge is 0.154 e. The zero-order valence-corrected chi connectivity index (χ0v) is 5.03. The quantitative estimate of drug-likeness (QED) is 0.531. The maximum atomic E-state index is 7.21. The Morgan fingerprint density at radius 1 is 1.62 bits per heavy atom. The lowest BCUT2D eigenvalue weighted by Crippen LogP contribution is -1.83. The van der Waals surface area contributed by atoms with Crippen molar-refractivity contribution in [1.29, 1.82) is 0 Å². The van der Waals surface area contributed by atoms with Gasteiger partial charge >= 0.3 is 0 Å². The Morgan fingerprint density at radius 2 is 2.38 bits per heavy atom. The molecule has 1 rings (SSSR count). The Bertz CT molecular complexity index is 237. The number of rotatable bonds is 0. The van der Waals surface area contributed by atoms with Gasteiger partial charge in [-0.05, 0) is 19.0 Å². The maximum Gasteiger partial charge on any atom is 0.151 e. The van der Waals surface area contributed by atoms with E-state index >= 15 is 0 Å². The molecule has 1 aromatic rings. The fourth-order valence-corrected chi connectivity index (χ4v) is 0.396. The average Bonchev–Trinajstić information content (AvgIpc) is 1.93. The summed E-state index contributed by atoms with van der Waals surface area (Å²) in [6, 6.07) is -0.0193. The molecule has 0 saturated carbocycles. The van der Waals surface area contributed by atoms with Crippen LogP contribution in [-0.4, -0.2) is 10.2 Å². The second-order valence-corrected chi connectivity index (χ2v) is 1.68. The van der Waals surface area contributed by atoms with Gasteiger partial charge in [0.2, 0.25) is 0 Å². The third-order valence-electron chi connectivity index (χ3n) is 0.634. The Morgan fingerprint density at radius 3 is 3.00 bits per heavy atom. The van der Waals surface area contributed by atoms with Crippen LogP contribution in [0.1, 0.15) is 8.44 Å². The standard InChI is InChI=1S/C5H5ClN2/c1-4-2-3-5(6)8-7-4/h2-3H,1H3/i2D,3D. The maximum absolute atomic E-state index is 7.21. The van der Waals surface area contributed by atoms with Gasteiger partial charge in [-0.1, -0.05) is 11.6 Å². The normalized spacial score (nSPS) is 12.8. The van der Waals surface area contributed by atoms with E-state index in [1.54, 1.807) is 6.92 Å².